The van der Waals surface area contributed by atoms with Crippen molar-refractivity contribution < 1.29 is 28.5 Å². The van der Waals surface area contributed by atoms with E-state index >= 15 is 0 Å². The maximum absolute atomic E-state index is 13.1. The van der Waals surface area contributed by atoms with Crippen LogP contribution in [0.1, 0.15) is 48.4 Å². The lowest BCUT2D eigenvalue weighted by molar-refractivity contribution is -0.277. The molecule has 7 heteroatoms. The van der Waals surface area contributed by atoms with Gasteiger partial charge < -0.3 is 29.0 Å². The van der Waals surface area contributed by atoms with Crippen molar-refractivity contribution in [1.29, 1.82) is 0 Å². The van der Waals surface area contributed by atoms with E-state index in [1.807, 2.05) is 121 Å². The molecule has 0 radical (unpaired) electrons. The third kappa shape index (κ3) is 10.3. The Bertz CT molecular complexity index is 1410. The maximum atomic E-state index is 13.1. The third-order valence-electron chi connectivity index (χ3n) is 7.94. The van der Waals surface area contributed by atoms with Gasteiger partial charge in [-0.25, -0.2) is 0 Å². The van der Waals surface area contributed by atoms with E-state index in [-0.39, 0.29) is 12.5 Å². The lowest BCUT2D eigenvalue weighted by atomic mass is 9.96. The number of rotatable bonds is 17. The molecule has 1 aliphatic heterocycles. The van der Waals surface area contributed by atoms with Crippen LogP contribution >= 0.6 is 0 Å². The molecule has 242 valence electrons. The topological polar surface area (TPSA) is 75.3 Å². The van der Waals surface area contributed by atoms with Crippen molar-refractivity contribution in [2.45, 2.75) is 83.3 Å². The fourth-order valence-corrected chi connectivity index (χ4v) is 5.47. The number of ether oxygens (including phenoxy) is 5. The number of hydrogen-bond donors (Lipinski definition) is 1. The number of carbonyl (C=O) groups is 1. The molecule has 0 aliphatic carbocycles. The summed E-state index contributed by atoms with van der Waals surface area (Å²) in [6.45, 7) is 3.75. The highest BCUT2D eigenvalue weighted by Crippen LogP contribution is 2.30. The van der Waals surface area contributed by atoms with Gasteiger partial charge in [0.2, 0.25) is 5.91 Å². The zero-order chi connectivity index (χ0) is 31.8. The van der Waals surface area contributed by atoms with Crippen LogP contribution in [0.2, 0.25) is 0 Å². The van der Waals surface area contributed by atoms with Gasteiger partial charge in [-0.05, 0) is 28.7 Å². The number of carbonyl (C=O) groups excluding carboxylic acids is 1. The molecule has 0 unspecified atom stereocenters. The Hall–Kier alpha value is -3.85. The smallest absolute Gasteiger partial charge is 0.222 e. The largest absolute Gasteiger partial charge is 0.374 e. The number of hydrogen-bond acceptors (Lipinski definition) is 6. The lowest BCUT2D eigenvalue weighted by Gasteiger charge is -2.46. The molecule has 1 aliphatic rings. The van der Waals surface area contributed by atoms with Gasteiger partial charge in [-0.15, -0.1) is 0 Å². The van der Waals surface area contributed by atoms with Crippen LogP contribution in [0.3, 0.4) is 0 Å². The minimum absolute atomic E-state index is 0.0884. The van der Waals surface area contributed by atoms with E-state index in [1.54, 1.807) is 0 Å². The van der Waals surface area contributed by atoms with Crippen LogP contribution in [-0.2, 0) is 54.9 Å². The molecule has 7 nitrogen and oxygen atoms in total. The first-order chi connectivity index (χ1) is 22.7. The van der Waals surface area contributed by atoms with Gasteiger partial charge in [0.05, 0.1) is 33.0 Å². The average molecular weight is 624 g/mol. The molecule has 46 heavy (non-hydrogen) atoms. The summed E-state index contributed by atoms with van der Waals surface area (Å²) in [5.74, 6) is -0.0884. The Labute approximate surface area is 272 Å². The molecular weight excluding hydrogens is 578 g/mol. The summed E-state index contributed by atoms with van der Waals surface area (Å²) >= 11 is 0. The van der Waals surface area contributed by atoms with Gasteiger partial charge in [0.1, 0.15) is 24.4 Å². The van der Waals surface area contributed by atoms with E-state index in [9.17, 15) is 4.79 Å². The number of unbranched alkanes of at least 4 members (excludes halogenated alkanes) is 1. The second-order valence-corrected chi connectivity index (χ2v) is 11.6. The van der Waals surface area contributed by atoms with Crippen LogP contribution in [0.25, 0.3) is 0 Å². The molecule has 0 bridgehead atoms. The van der Waals surface area contributed by atoms with Gasteiger partial charge >= 0.3 is 0 Å². The highest BCUT2D eigenvalue weighted by molar-refractivity contribution is 5.76. The summed E-state index contributed by atoms with van der Waals surface area (Å²) in [7, 11) is 0. The van der Waals surface area contributed by atoms with Crippen molar-refractivity contribution in [3.8, 4) is 0 Å². The van der Waals surface area contributed by atoms with E-state index in [0.717, 1.165) is 35.1 Å². The molecule has 0 spiro atoms. The molecule has 4 aromatic carbocycles. The molecule has 1 fully saturated rings. The van der Waals surface area contributed by atoms with E-state index in [1.165, 1.54) is 0 Å². The molecule has 1 saturated heterocycles. The van der Waals surface area contributed by atoms with Crippen molar-refractivity contribution >= 4 is 5.91 Å². The monoisotopic (exact) mass is 623 g/mol. The Balaban J connectivity index is 1.44. The zero-order valence-corrected chi connectivity index (χ0v) is 26.5. The molecule has 0 saturated carbocycles. The van der Waals surface area contributed by atoms with Crippen LogP contribution in [-0.4, -0.2) is 43.2 Å². The first-order valence-corrected chi connectivity index (χ1v) is 16.2. The first-order valence-electron chi connectivity index (χ1n) is 16.2. The van der Waals surface area contributed by atoms with E-state index in [4.69, 9.17) is 23.7 Å². The predicted molar refractivity (Wildman–Crippen MR) is 177 cm³/mol. The predicted octanol–water partition coefficient (Wildman–Crippen LogP) is 6.99. The summed E-state index contributed by atoms with van der Waals surface area (Å²) in [6, 6.07) is 40.1. The Morgan fingerprint density at radius 3 is 1.52 bits per heavy atom. The van der Waals surface area contributed by atoms with Crippen LogP contribution in [0, 0.1) is 0 Å². The molecular formula is C39H45NO6. The highest BCUT2D eigenvalue weighted by Gasteiger charge is 2.49. The molecule has 1 N–H and O–H groups in total. The average Bonchev–Trinajstić information content (AvgIpc) is 3.10. The van der Waals surface area contributed by atoms with Gasteiger partial charge in [0.25, 0.3) is 0 Å². The second kappa shape index (κ2) is 18.3. The van der Waals surface area contributed by atoms with Gasteiger partial charge in [-0.2, -0.15) is 0 Å². The van der Waals surface area contributed by atoms with Gasteiger partial charge in [0, 0.05) is 6.42 Å². The van der Waals surface area contributed by atoms with Crippen molar-refractivity contribution in [2.24, 2.45) is 0 Å². The number of nitrogens with one attached hydrogen (secondary N) is 1. The SMILES string of the molecule is CCCCC(=O)N[C@@H]1O[C@H](COCc2ccccc2)[C@@H](OCc2ccccc2)[C@H](OCc2ccccc2)[C@H]1OCc1ccccc1. The molecule has 4 aromatic rings. The molecule has 1 amide bonds. The molecule has 5 atom stereocenters. The molecule has 1 heterocycles. The second-order valence-electron chi connectivity index (χ2n) is 11.6. The summed E-state index contributed by atoms with van der Waals surface area (Å²) in [5, 5.41) is 3.12. The molecule has 5 rings (SSSR count). The fourth-order valence-electron chi connectivity index (χ4n) is 5.47. The highest BCUT2D eigenvalue weighted by atomic mass is 16.6. The maximum Gasteiger partial charge on any atom is 0.222 e. The van der Waals surface area contributed by atoms with Crippen LogP contribution in [0.5, 0.6) is 0 Å². The summed E-state index contributed by atoms with van der Waals surface area (Å²) in [5.41, 5.74) is 4.13. The zero-order valence-electron chi connectivity index (χ0n) is 26.5. The van der Waals surface area contributed by atoms with Crippen molar-refractivity contribution in [1.82, 2.24) is 5.32 Å². The first kappa shape index (κ1) is 33.5. The van der Waals surface area contributed by atoms with Gasteiger partial charge in [-0.1, -0.05) is 135 Å². The summed E-state index contributed by atoms with van der Waals surface area (Å²) < 4.78 is 32.9. The van der Waals surface area contributed by atoms with Crippen LogP contribution in [0.15, 0.2) is 121 Å². The van der Waals surface area contributed by atoms with E-state index < -0.39 is 30.6 Å². The quantitative estimate of drug-likeness (QED) is 0.137. The van der Waals surface area contributed by atoms with E-state index in [2.05, 4.69) is 12.2 Å². The minimum atomic E-state index is -0.768. The molecule has 0 aromatic heterocycles. The Morgan fingerprint density at radius 1 is 0.609 bits per heavy atom. The number of amides is 1. The lowest BCUT2D eigenvalue weighted by Crippen LogP contribution is -2.65. The van der Waals surface area contributed by atoms with Crippen molar-refractivity contribution in [3.05, 3.63) is 144 Å². The van der Waals surface area contributed by atoms with Gasteiger partial charge in [-0.3, -0.25) is 4.79 Å². The Morgan fingerprint density at radius 2 is 1.04 bits per heavy atom. The Kier molecular flexibility index (Phi) is 13.4. The fraction of sp³-hybridized carbons (Fsp3) is 0.359. The van der Waals surface area contributed by atoms with Crippen LogP contribution in [0.4, 0.5) is 0 Å². The summed E-state index contributed by atoms with van der Waals surface area (Å²) in [6.07, 6.45) is -0.985. The standard InChI is InChI=1S/C39H45NO6/c1-2-3-24-35(41)40-39-38(45-28-33-22-14-7-15-23-33)37(44-27-32-20-12-6-13-21-32)36(43-26-31-18-10-5-11-19-31)34(46-39)29-42-25-30-16-8-4-9-17-30/h4-23,34,36-39H,2-3,24-29H2,1H3,(H,40,41)/t34-,36-,37+,38-,39-/m1/s1. The van der Waals surface area contributed by atoms with Crippen molar-refractivity contribution in [2.75, 3.05) is 6.61 Å². The van der Waals surface area contributed by atoms with E-state index in [0.29, 0.717) is 32.8 Å². The van der Waals surface area contributed by atoms with Gasteiger partial charge in [0.15, 0.2) is 6.23 Å². The number of benzene rings is 4. The normalized spacial score (nSPS) is 21.1. The minimum Gasteiger partial charge on any atom is -0.374 e. The van der Waals surface area contributed by atoms with Crippen LogP contribution < -0.4 is 5.32 Å². The third-order valence-corrected chi connectivity index (χ3v) is 7.94. The van der Waals surface area contributed by atoms with Crippen molar-refractivity contribution in [3.63, 3.8) is 0 Å². The summed E-state index contributed by atoms with van der Waals surface area (Å²) in [4.78, 5) is 13.1.